The molecule has 0 amide bonds. The number of benzene rings is 1. The number of anilines is 1. The van der Waals surface area contributed by atoms with Crippen LogP contribution < -0.4 is 14.9 Å². The van der Waals surface area contributed by atoms with Crippen molar-refractivity contribution in [2.24, 2.45) is 11.0 Å². The average molecular weight is 445 g/mol. The number of aliphatic hydroxyl groups excluding tert-OH is 1. The Hall–Kier alpha value is -3.41. The molecule has 2 aliphatic carbocycles. The summed E-state index contributed by atoms with van der Waals surface area (Å²) >= 11 is 0. The number of likely N-dealkylation sites (N-methyl/N-ethyl adjacent to an activating group) is 1. The van der Waals surface area contributed by atoms with Gasteiger partial charge in [0.1, 0.15) is 24.0 Å². The van der Waals surface area contributed by atoms with E-state index in [-0.39, 0.29) is 29.2 Å². The standard InChI is InChI=1S/C25H25N5O3/c1-30-10-8-25-15-6-7-20(31)24(25)33-23-21(32-2)12-17(14(22(23)25)11-19(15)30)28-29-18(13-26)16-5-3-4-9-27-16/h3-7,9,12,15,19-20,24,28,31H,8,10-11H2,1-2H3/b29-18-/t15-,19+,20-,24-,25-/m0/s1/i29+1. The molecule has 1 aromatic carbocycles. The van der Waals surface area contributed by atoms with Crippen molar-refractivity contribution in [3.05, 3.63) is 59.4 Å². The maximum Gasteiger partial charge on any atom is 0.186 e. The number of methoxy groups -OCH3 is 1. The van der Waals surface area contributed by atoms with Crippen molar-refractivity contribution in [2.75, 3.05) is 26.1 Å². The van der Waals surface area contributed by atoms with Crippen molar-refractivity contribution in [1.82, 2.24) is 9.88 Å². The Morgan fingerprint density at radius 1 is 1.42 bits per heavy atom. The highest BCUT2D eigenvalue weighted by Gasteiger charge is 2.64. The maximum absolute atomic E-state index is 10.9. The number of nitrogens with one attached hydrogen (secondary N) is 1. The van der Waals surface area contributed by atoms with E-state index in [9.17, 15) is 10.4 Å². The first-order valence-electron chi connectivity index (χ1n) is 11.2. The van der Waals surface area contributed by atoms with E-state index < -0.39 is 6.10 Å². The third-order valence-corrected chi connectivity index (χ3v) is 7.79. The summed E-state index contributed by atoms with van der Waals surface area (Å²) in [5.74, 6) is 1.59. The molecule has 1 saturated heterocycles. The van der Waals surface area contributed by atoms with Gasteiger partial charge in [-0.1, -0.05) is 18.2 Å². The third kappa shape index (κ3) is 2.70. The predicted octanol–water partition coefficient (Wildman–Crippen LogP) is 2.24. The highest BCUT2D eigenvalue weighted by Crippen LogP contribution is 2.63. The number of nitrogens with zero attached hydrogens (tertiary/aromatic N) is 4. The van der Waals surface area contributed by atoms with Crippen LogP contribution in [-0.4, -0.2) is 59.7 Å². The number of hydrazone groups is 1. The van der Waals surface area contributed by atoms with Gasteiger partial charge in [-0.25, -0.2) is 0 Å². The molecule has 2 aliphatic heterocycles. The number of nitriles is 1. The van der Waals surface area contributed by atoms with Crippen LogP contribution in [-0.2, 0) is 11.8 Å². The van der Waals surface area contributed by atoms with E-state index in [1.807, 2.05) is 18.2 Å². The summed E-state index contributed by atoms with van der Waals surface area (Å²) < 4.78 is 12.2. The van der Waals surface area contributed by atoms with Crippen molar-refractivity contribution < 1.29 is 14.6 Å². The number of hydrogen-bond acceptors (Lipinski definition) is 8. The van der Waals surface area contributed by atoms with E-state index >= 15 is 0 Å². The number of hydrogen-bond donors (Lipinski definition) is 2. The van der Waals surface area contributed by atoms with Gasteiger partial charge in [0.05, 0.1) is 12.8 Å². The Kier molecular flexibility index (Phi) is 4.47. The van der Waals surface area contributed by atoms with Crippen LogP contribution in [0.25, 0.3) is 0 Å². The van der Waals surface area contributed by atoms with Gasteiger partial charge < -0.3 is 19.5 Å². The zero-order chi connectivity index (χ0) is 22.7. The highest BCUT2D eigenvalue weighted by atomic mass is 16.5. The lowest BCUT2D eigenvalue weighted by Crippen LogP contribution is -2.64. The molecule has 0 radical (unpaired) electrons. The van der Waals surface area contributed by atoms with E-state index in [2.05, 4.69) is 39.6 Å². The van der Waals surface area contributed by atoms with Gasteiger partial charge in [0.2, 0.25) is 0 Å². The molecule has 4 aliphatic rings. The molecular formula is C25H25N5O3. The fourth-order valence-electron chi connectivity index (χ4n) is 6.32. The van der Waals surface area contributed by atoms with Gasteiger partial charge in [-0.3, -0.25) is 10.4 Å². The van der Waals surface area contributed by atoms with Crippen molar-refractivity contribution in [3.8, 4) is 17.6 Å². The summed E-state index contributed by atoms with van der Waals surface area (Å²) in [6, 6.07) is 9.69. The maximum atomic E-state index is 10.9. The highest BCUT2D eigenvalue weighted by molar-refractivity contribution is 6.10. The Morgan fingerprint density at radius 3 is 3.06 bits per heavy atom. The van der Waals surface area contributed by atoms with Crippen LogP contribution in [0.5, 0.6) is 11.5 Å². The number of ether oxygens (including phenoxy) is 2. The minimum atomic E-state index is -0.669. The minimum absolute atomic E-state index is 0.205. The monoisotopic (exact) mass is 444 g/mol. The summed E-state index contributed by atoms with van der Waals surface area (Å²) in [4.78, 5) is 6.65. The van der Waals surface area contributed by atoms with Gasteiger partial charge in [-0.15, -0.1) is 0 Å². The first-order valence-corrected chi connectivity index (χ1v) is 11.2. The van der Waals surface area contributed by atoms with Gasteiger partial charge in [-0.05, 0) is 44.1 Å². The van der Waals surface area contributed by atoms with Crippen molar-refractivity contribution >= 4 is 11.4 Å². The van der Waals surface area contributed by atoms with Crippen LogP contribution in [0.2, 0.25) is 0 Å². The quantitative estimate of drug-likeness (QED) is 0.323. The lowest BCUT2D eigenvalue weighted by atomic mass is 9.53. The second-order valence-electron chi connectivity index (χ2n) is 9.19. The summed E-state index contributed by atoms with van der Waals surface area (Å²) in [7, 11) is 3.78. The fourth-order valence-corrected chi connectivity index (χ4v) is 6.32. The van der Waals surface area contributed by atoms with Crippen LogP contribution in [0.3, 0.4) is 0 Å². The topological polar surface area (TPSA) is 103 Å². The van der Waals surface area contributed by atoms with Gasteiger partial charge in [0.15, 0.2) is 17.2 Å². The van der Waals surface area contributed by atoms with E-state index in [1.54, 1.807) is 25.4 Å². The normalized spacial score (nSPS) is 31.4. The summed E-state index contributed by atoms with van der Waals surface area (Å²) in [5.41, 5.74) is 6.58. The number of likely N-dealkylation sites (tertiary alicyclic amines) is 1. The number of rotatable bonds is 4. The SMILES string of the molecule is COc1cc(N/[15N]=C(/C#N)c2ccccn2)c2c3c1O[C@H]1[C@@H](O)C=C[C@H]4[C@@H](C2)N(C)CC[C@@]341. The van der Waals surface area contributed by atoms with Crippen molar-refractivity contribution in [2.45, 2.75) is 36.5 Å². The van der Waals surface area contributed by atoms with Crippen molar-refractivity contribution in [3.63, 3.8) is 0 Å². The molecule has 5 atom stereocenters. The smallest absolute Gasteiger partial charge is 0.186 e. The first-order chi connectivity index (χ1) is 16.1. The number of piperidine rings is 1. The Bertz CT molecular complexity index is 1220. The Morgan fingerprint density at radius 2 is 2.30 bits per heavy atom. The van der Waals surface area contributed by atoms with Crippen LogP contribution >= 0.6 is 0 Å². The largest absolute Gasteiger partial charge is 0.493 e. The average Bonchev–Trinajstić information content (AvgIpc) is 3.19. The lowest BCUT2D eigenvalue weighted by molar-refractivity contribution is -0.0452. The molecule has 2 N–H and O–H groups in total. The Balaban J connectivity index is 1.51. The van der Waals surface area contributed by atoms with Crippen LogP contribution in [0, 0.1) is 17.2 Å². The van der Waals surface area contributed by atoms with E-state index in [0.717, 1.165) is 42.0 Å². The molecule has 1 fully saturated rings. The zero-order valence-electron chi connectivity index (χ0n) is 18.5. The van der Waals surface area contributed by atoms with E-state index in [0.29, 0.717) is 11.4 Å². The van der Waals surface area contributed by atoms with Crippen LogP contribution in [0.1, 0.15) is 23.2 Å². The van der Waals surface area contributed by atoms with E-state index in [4.69, 9.17) is 9.47 Å². The molecule has 2 bridgehead atoms. The summed E-state index contributed by atoms with van der Waals surface area (Å²) in [5, 5.41) is 24.9. The van der Waals surface area contributed by atoms with Crippen molar-refractivity contribution in [1.29, 1.82) is 5.26 Å². The first kappa shape index (κ1) is 20.2. The molecule has 2 aromatic rings. The third-order valence-electron chi connectivity index (χ3n) is 7.79. The molecule has 0 saturated carbocycles. The molecule has 1 spiro atoms. The lowest BCUT2D eigenvalue weighted by Gasteiger charge is -2.56. The van der Waals surface area contributed by atoms with Gasteiger partial charge in [0.25, 0.3) is 0 Å². The van der Waals surface area contributed by atoms with Gasteiger partial charge >= 0.3 is 0 Å². The number of aromatic nitrogens is 1. The Labute approximate surface area is 192 Å². The van der Waals surface area contributed by atoms with Gasteiger partial charge in [0, 0.05) is 35.2 Å². The minimum Gasteiger partial charge on any atom is -0.493 e. The fraction of sp³-hybridized carbons (Fsp3) is 0.400. The molecule has 3 heterocycles. The van der Waals surface area contributed by atoms with Crippen LogP contribution in [0.15, 0.2) is 47.7 Å². The molecule has 1 aromatic heterocycles. The summed E-state index contributed by atoms with van der Waals surface area (Å²) in [6.45, 7) is 0.941. The summed E-state index contributed by atoms with van der Waals surface area (Å²) in [6.07, 6.45) is 6.41. The molecule has 8 heteroatoms. The molecule has 6 rings (SSSR count). The number of aliphatic hydroxyl groups is 1. The molecule has 168 valence electrons. The molecule has 0 unspecified atom stereocenters. The second-order valence-corrected chi connectivity index (χ2v) is 9.19. The van der Waals surface area contributed by atoms with E-state index in [1.165, 1.54) is 0 Å². The predicted molar refractivity (Wildman–Crippen MR) is 122 cm³/mol. The molecule has 33 heavy (non-hydrogen) atoms. The molecule has 8 nitrogen and oxygen atoms in total. The van der Waals surface area contributed by atoms with Gasteiger partial charge in [-0.2, -0.15) is 10.4 Å². The number of pyridine rings is 1. The van der Waals surface area contributed by atoms with Crippen LogP contribution in [0.4, 0.5) is 5.69 Å². The second kappa shape index (κ2) is 7.30. The molecular weight excluding hydrogens is 419 g/mol. The zero-order valence-corrected chi connectivity index (χ0v) is 18.5.